The lowest BCUT2D eigenvalue weighted by atomic mass is 10.0. The molecular weight excluding hydrogens is 348 g/mol. The van der Waals surface area contributed by atoms with Crippen LogP contribution in [0.1, 0.15) is 123 Å². The second-order valence-corrected chi connectivity index (χ2v) is 9.53. The van der Waals surface area contributed by atoms with Crippen molar-refractivity contribution < 1.29 is 18.1 Å². The molecule has 0 aromatic rings. The van der Waals surface area contributed by atoms with Gasteiger partial charge in [-0.2, -0.15) is 8.42 Å². The normalized spacial score (nSPS) is 14.5. The van der Waals surface area contributed by atoms with Crippen LogP contribution in [0.5, 0.6) is 0 Å². The Bertz CT molecular complexity index is 395. The zero-order chi connectivity index (χ0) is 19.7. The van der Waals surface area contributed by atoms with Crippen LogP contribution < -0.4 is 0 Å². The van der Waals surface area contributed by atoms with Crippen LogP contribution in [0.3, 0.4) is 0 Å². The summed E-state index contributed by atoms with van der Waals surface area (Å²) in [6.45, 7) is 4.38. The van der Waals surface area contributed by atoms with Gasteiger partial charge in [-0.3, -0.25) is 4.55 Å². The van der Waals surface area contributed by atoms with Crippen molar-refractivity contribution in [1.29, 1.82) is 0 Å². The van der Waals surface area contributed by atoms with E-state index in [1.54, 1.807) is 0 Å². The molecule has 0 aliphatic carbocycles. The highest BCUT2D eigenvalue weighted by Crippen LogP contribution is 2.20. The first-order valence-corrected chi connectivity index (χ1v) is 12.6. The van der Waals surface area contributed by atoms with E-state index in [9.17, 15) is 18.1 Å². The molecule has 26 heavy (non-hydrogen) atoms. The molecule has 0 spiro atoms. The molecule has 0 radical (unpaired) electrons. The summed E-state index contributed by atoms with van der Waals surface area (Å²) in [7, 11) is -4.01. The SMILES string of the molecule is CCCCCCCCCCC(CCC(O)CCCCCCC)S(=O)(=O)O. The molecule has 4 nitrogen and oxygen atoms in total. The van der Waals surface area contributed by atoms with Crippen molar-refractivity contribution >= 4 is 10.1 Å². The van der Waals surface area contributed by atoms with Gasteiger partial charge in [-0.1, -0.05) is 97.3 Å². The fourth-order valence-corrected chi connectivity index (χ4v) is 4.35. The van der Waals surface area contributed by atoms with Gasteiger partial charge in [0.05, 0.1) is 11.4 Å². The second-order valence-electron chi connectivity index (χ2n) is 7.83. The van der Waals surface area contributed by atoms with Crippen LogP contribution >= 0.6 is 0 Å². The molecular formula is C21H44O4S. The van der Waals surface area contributed by atoms with E-state index in [1.807, 2.05) is 0 Å². The van der Waals surface area contributed by atoms with Crippen molar-refractivity contribution in [2.24, 2.45) is 0 Å². The predicted molar refractivity (Wildman–Crippen MR) is 111 cm³/mol. The van der Waals surface area contributed by atoms with E-state index >= 15 is 0 Å². The molecule has 0 aliphatic heterocycles. The molecule has 2 atom stereocenters. The number of aliphatic hydroxyl groups is 1. The van der Waals surface area contributed by atoms with Crippen LogP contribution in [0.15, 0.2) is 0 Å². The number of unbranched alkanes of at least 4 members (excludes halogenated alkanes) is 11. The molecule has 158 valence electrons. The maximum absolute atomic E-state index is 11.6. The zero-order valence-electron chi connectivity index (χ0n) is 17.3. The summed E-state index contributed by atoms with van der Waals surface area (Å²) in [4.78, 5) is 0. The number of hydrogen-bond donors (Lipinski definition) is 2. The molecule has 2 unspecified atom stereocenters. The average molecular weight is 393 g/mol. The summed E-state index contributed by atoms with van der Waals surface area (Å²) in [6, 6.07) is 0. The average Bonchev–Trinajstić information content (AvgIpc) is 2.58. The van der Waals surface area contributed by atoms with E-state index in [4.69, 9.17) is 0 Å². The molecule has 2 N–H and O–H groups in total. The van der Waals surface area contributed by atoms with E-state index in [0.29, 0.717) is 19.3 Å². The molecule has 0 saturated carbocycles. The molecule has 0 aromatic carbocycles. The summed E-state index contributed by atoms with van der Waals surface area (Å²) in [5.41, 5.74) is 0. The van der Waals surface area contributed by atoms with Crippen molar-refractivity contribution in [3.8, 4) is 0 Å². The van der Waals surface area contributed by atoms with Crippen molar-refractivity contribution in [3.63, 3.8) is 0 Å². The molecule has 0 saturated heterocycles. The first-order valence-electron chi connectivity index (χ1n) is 11.1. The largest absolute Gasteiger partial charge is 0.393 e. The van der Waals surface area contributed by atoms with Crippen molar-refractivity contribution in [2.45, 2.75) is 134 Å². The summed E-state index contributed by atoms with van der Waals surface area (Å²) in [5.74, 6) is 0. The Hall–Kier alpha value is -0.130. The van der Waals surface area contributed by atoms with E-state index in [-0.39, 0.29) is 0 Å². The van der Waals surface area contributed by atoms with E-state index in [2.05, 4.69) is 13.8 Å². The minimum absolute atomic E-state index is 0.367. The minimum Gasteiger partial charge on any atom is -0.393 e. The van der Waals surface area contributed by atoms with Gasteiger partial charge in [0.15, 0.2) is 0 Å². The van der Waals surface area contributed by atoms with Crippen LogP contribution in [-0.2, 0) is 10.1 Å². The van der Waals surface area contributed by atoms with Crippen LogP contribution in [0.2, 0.25) is 0 Å². The highest BCUT2D eigenvalue weighted by molar-refractivity contribution is 7.86. The first-order chi connectivity index (χ1) is 12.4. The number of hydrogen-bond acceptors (Lipinski definition) is 3. The van der Waals surface area contributed by atoms with Crippen LogP contribution in [0.4, 0.5) is 0 Å². The summed E-state index contributed by atoms with van der Waals surface area (Å²) >= 11 is 0. The Morgan fingerprint density at radius 3 is 1.50 bits per heavy atom. The molecule has 0 heterocycles. The summed E-state index contributed by atoms with van der Waals surface area (Å²) in [5, 5.41) is 9.35. The smallest absolute Gasteiger partial charge is 0.267 e. The first kappa shape index (κ1) is 25.9. The molecule has 0 aliphatic rings. The standard InChI is InChI=1S/C21H44O4S/c1-3-5-7-9-10-11-13-15-17-21(26(23,24)25)19-18-20(22)16-14-12-8-6-4-2/h20-22H,3-19H2,1-2H3,(H,23,24,25). The quantitative estimate of drug-likeness (QED) is 0.200. The van der Waals surface area contributed by atoms with Crippen molar-refractivity contribution in [2.75, 3.05) is 0 Å². The Morgan fingerprint density at radius 2 is 1.04 bits per heavy atom. The van der Waals surface area contributed by atoms with Crippen LogP contribution in [-0.4, -0.2) is 29.4 Å². The van der Waals surface area contributed by atoms with Crippen LogP contribution in [0.25, 0.3) is 0 Å². The number of aliphatic hydroxyl groups excluding tert-OH is 1. The van der Waals surface area contributed by atoms with Gasteiger partial charge in [-0.25, -0.2) is 0 Å². The van der Waals surface area contributed by atoms with Gasteiger partial charge in [-0.05, 0) is 25.7 Å². The Kier molecular flexibility index (Phi) is 16.9. The Balaban J connectivity index is 3.89. The van der Waals surface area contributed by atoms with Gasteiger partial charge < -0.3 is 5.11 Å². The highest BCUT2D eigenvalue weighted by atomic mass is 32.2. The van der Waals surface area contributed by atoms with E-state index < -0.39 is 21.5 Å². The maximum atomic E-state index is 11.6. The lowest BCUT2D eigenvalue weighted by Gasteiger charge is -2.16. The van der Waals surface area contributed by atoms with E-state index in [0.717, 1.165) is 38.5 Å². The summed E-state index contributed by atoms with van der Waals surface area (Å²) in [6.07, 6.45) is 16.7. The maximum Gasteiger partial charge on any atom is 0.267 e. The molecule has 0 amide bonds. The van der Waals surface area contributed by atoms with Crippen molar-refractivity contribution in [1.82, 2.24) is 0 Å². The lowest BCUT2D eigenvalue weighted by molar-refractivity contribution is 0.147. The highest BCUT2D eigenvalue weighted by Gasteiger charge is 2.23. The topological polar surface area (TPSA) is 74.6 Å². The van der Waals surface area contributed by atoms with E-state index in [1.165, 1.54) is 51.4 Å². The minimum atomic E-state index is -4.01. The molecule has 0 rings (SSSR count). The fraction of sp³-hybridized carbons (Fsp3) is 1.00. The van der Waals surface area contributed by atoms with Crippen molar-refractivity contribution in [3.05, 3.63) is 0 Å². The number of rotatable bonds is 19. The molecule has 5 heteroatoms. The van der Waals surface area contributed by atoms with Gasteiger partial charge >= 0.3 is 0 Å². The Morgan fingerprint density at radius 1 is 0.615 bits per heavy atom. The second kappa shape index (κ2) is 17.0. The third-order valence-electron chi connectivity index (χ3n) is 5.26. The van der Waals surface area contributed by atoms with Gasteiger partial charge in [0.25, 0.3) is 10.1 Å². The van der Waals surface area contributed by atoms with Gasteiger partial charge in [0.2, 0.25) is 0 Å². The summed E-state index contributed by atoms with van der Waals surface area (Å²) < 4.78 is 32.6. The van der Waals surface area contributed by atoms with Gasteiger partial charge in [0.1, 0.15) is 0 Å². The molecule has 0 aromatic heterocycles. The Labute approximate surface area is 162 Å². The monoisotopic (exact) mass is 392 g/mol. The predicted octanol–water partition coefficient (Wildman–Crippen LogP) is 6.28. The van der Waals surface area contributed by atoms with Gasteiger partial charge in [-0.15, -0.1) is 0 Å². The fourth-order valence-electron chi connectivity index (χ4n) is 3.45. The third-order valence-corrected chi connectivity index (χ3v) is 6.58. The third kappa shape index (κ3) is 16.1. The lowest BCUT2D eigenvalue weighted by Crippen LogP contribution is -2.22. The molecule has 0 fully saturated rings. The molecule has 0 bridgehead atoms. The van der Waals surface area contributed by atoms with Gasteiger partial charge in [0, 0.05) is 0 Å². The zero-order valence-corrected chi connectivity index (χ0v) is 18.1. The van der Waals surface area contributed by atoms with Crippen LogP contribution in [0, 0.1) is 0 Å².